The van der Waals surface area contributed by atoms with Crippen LogP contribution in [-0.4, -0.2) is 40.1 Å². The Morgan fingerprint density at radius 1 is 0.784 bits per heavy atom. The zero-order valence-corrected chi connectivity index (χ0v) is 21.0. The number of carboxylic acids is 1. The highest BCUT2D eigenvalue weighted by molar-refractivity contribution is 5.66. The summed E-state index contributed by atoms with van der Waals surface area (Å²) in [5.74, 6) is -1.18. The van der Waals surface area contributed by atoms with Crippen LogP contribution in [-0.2, 0) is 15.1 Å². The molecule has 1 saturated carbocycles. The van der Waals surface area contributed by atoms with Gasteiger partial charge in [0.05, 0.1) is 18.8 Å². The summed E-state index contributed by atoms with van der Waals surface area (Å²) in [6, 6.07) is 30.4. The Labute approximate surface area is 219 Å². The molecule has 5 nitrogen and oxygen atoms in total. The summed E-state index contributed by atoms with van der Waals surface area (Å²) in [7, 11) is 0. The van der Waals surface area contributed by atoms with Crippen LogP contribution in [0.5, 0.6) is 0 Å². The second-order valence-corrected chi connectivity index (χ2v) is 9.78. The fourth-order valence-corrected chi connectivity index (χ4v) is 5.47. The maximum Gasteiger partial charge on any atom is 0.303 e. The molecule has 1 fully saturated rings. The molecule has 0 aliphatic heterocycles. The van der Waals surface area contributed by atoms with Crippen molar-refractivity contribution in [3.05, 3.63) is 120 Å². The molecular formula is C32H36O5. The highest BCUT2D eigenvalue weighted by atomic mass is 16.5. The predicted molar refractivity (Wildman–Crippen MR) is 144 cm³/mol. The Morgan fingerprint density at radius 3 is 1.76 bits per heavy atom. The first kappa shape index (κ1) is 26.8. The Kier molecular flexibility index (Phi) is 9.29. The van der Waals surface area contributed by atoms with Crippen LogP contribution in [0.3, 0.4) is 0 Å². The molecule has 0 heterocycles. The summed E-state index contributed by atoms with van der Waals surface area (Å²) >= 11 is 0. The summed E-state index contributed by atoms with van der Waals surface area (Å²) in [5, 5.41) is 30.5. The van der Waals surface area contributed by atoms with Crippen LogP contribution in [0, 0.1) is 11.8 Å². The lowest BCUT2D eigenvalue weighted by Crippen LogP contribution is -2.37. The van der Waals surface area contributed by atoms with Crippen LogP contribution >= 0.6 is 0 Å². The number of hydrogen-bond acceptors (Lipinski definition) is 4. The van der Waals surface area contributed by atoms with Crippen LogP contribution in [0.25, 0.3) is 0 Å². The molecule has 1 aliphatic rings. The molecule has 4 atom stereocenters. The van der Waals surface area contributed by atoms with Gasteiger partial charge < -0.3 is 20.1 Å². The topological polar surface area (TPSA) is 87.0 Å². The molecule has 0 radical (unpaired) electrons. The number of aliphatic hydroxyl groups is 2. The van der Waals surface area contributed by atoms with Crippen LogP contribution in [0.2, 0.25) is 0 Å². The van der Waals surface area contributed by atoms with Gasteiger partial charge in [-0.2, -0.15) is 0 Å². The monoisotopic (exact) mass is 500 g/mol. The maximum atomic E-state index is 10.9. The average Bonchev–Trinajstić information content (AvgIpc) is 3.20. The standard InChI is InChI=1S/C32H36O5/c33-29-22-30(34)28(27(29)20-12-1-2-13-21-31(35)36)23-37-32(24-14-6-3-7-15-24,25-16-8-4-9-17-25)26-18-10-5-11-19-26/h1,3-12,14-19,27-30,33-34H,2,13,20-23H2,(H,35,36)/b12-1+/t27-,28-,29+,30-/m1/s1. The van der Waals surface area contributed by atoms with Gasteiger partial charge in [-0.05, 0) is 48.3 Å². The van der Waals surface area contributed by atoms with Crippen LogP contribution in [0.1, 0.15) is 48.8 Å². The first-order chi connectivity index (χ1) is 18.0. The second kappa shape index (κ2) is 12.8. The third-order valence-electron chi connectivity index (χ3n) is 7.39. The molecule has 3 aromatic rings. The number of ether oxygens (including phenoxy) is 1. The Morgan fingerprint density at radius 2 is 1.27 bits per heavy atom. The molecular weight excluding hydrogens is 464 g/mol. The van der Waals surface area contributed by atoms with Gasteiger partial charge in [0.25, 0.3) is 0 Å². The number of hydrogen-bond donors (Lipinski definition) is 3. The SMILES string of the molecule is O=C(O)CCC/C=C/C[C@@H]1[C@@H](COC(c2ccccc2)(c2ccccc2)c2ccccc2)[C@H](O)C[C@@H]1O. The van der Waals surface area contributed by atoms with E-state index in [0.29, 0.717) is 25.7 Å². The molecule has 3 aromatic carbocycles. The van der Waals surface area contributed by atoms with E-state index in [1.807, 2.05) is 66.7 Å². The van der Waals surface area contributed by atoms with Gasteiger partial charge in [0, 0.05) is 12.3 Å². The number of aliphatic hydroxyl groups excluding tert-OH is 2. The van der Waals surface area contributed by atoms with Crippen molar-refractivity contribution in [1.29, 1.82) is 0 Å². The number of aliphatic carboxylic acids is 1. The number of carboxylic acid groups (broad SMARTS) is 1. The van der Waals surface area contributed by atoms with Crippen molar-refractivity contribution in [1.82, 2.24) is 0 Å². The van der Waals surface area contributed by atoms with E-state index in [2.05, 4.69) is 36.4 Å². The molecule has 0 amide bonds. The summed E-state index contributed by atoms with van der Waals surface area (Å²) in [6.45, 7) is 0.272. The Hall–Kier alpha value is -3.25. The Balaban J connectivity index is 1.61. The second-order valence-electron chi connectivity index (χ2n) is 9.78. The predicted octanol–water partition coefficient (Wildman–Crippen LogP) is 5.55. The van der Waals surface area contributed by atoms with Gasteiger partial charge in [0.15, 0.2) is 0 Å². The smallest absolute Gasteiger partial charge is 0.303 e. The van der Waals surface area contributed by atoms with E-state index in [9.17, 15) is 15.0 Å². The lowest BCUT2D eigenvalue weighted by molar-refractivity contribution is -0.137. The molecule has 0 unspecified atom stereocenters. The molecule has 0 aromatic heterocycles. The summed E-state index contributed by atoms with van der Waals surface area (Å²) in [4.78, 5) is 10.7. The van der Waals surface area contributed by atoms with Crippen molar-refractivity contribution in [3.8, 4) is 0 Å². The highest BCUT2D eigenvalue weighted by Gasteiger charge is 2.44. The fourth-order valence-electron chi connectivity index (χ4n) is 5.47. The van der Waals surface area contributed by atoms with E-state index in [-0.39, 0.29) is 24.9 Å². The van der Waals surface area contributed by atoms with Gasteiger partial charge >= 0.3 is 5.97 Å². The zero-order valence-electron chi connectivity index (χ0n) is 21.0. The maximum absolute atomic E-state index is 10.9. The van der Waals surface area contributed by atoms with Crippen LogP contribution < -0.4 is 0 Å². The van der Waals surface area contributed by atoms with E-state index in [1.165, 1.54) is 0 Å². The Bertz CT molecular complexity index is 1030. The van der Waals surface area contributed by atoms with Gasteiger partial charge in [-0.15, -0.1) is 0 Å². The number of rotatable bonds is 12. The summed E-state index contributed by atoms with van der Waals surface area (Å²) in [5.41, 5.74) is 2.11. The van der Waals surface area contributed by atoms with Crippen LogP contribution in [0.4, 0.5) is 0 Å². The molecule has 37 heavy (non-hydrogen) atoms. The highest BCUT2D eigenvalue weighted by Crippen LogP contribution is 2.43. The minimum absolute atomic E-state index is 0.145. The molecule has 0 spiro atoms. The third kappa shape index (κ3) is 6.37. The number of unbranched alkanes of at least 4 members (excludes halogenated alkanes) is 1. The summed E-state index contributed by atoms with van der Waals surface area (Å²) < 4.78 is 6.93. The lowest BCUT2D eigenvalue weighted by atomic mass is 9.79. The van der Waals surface area contributed by atoms with Crippen molar-refractivity contribution in [2.24, 2.45) is 11.8 Å². The zero-order chi connectivity index (χ0) is 26.1. The molecule has 4 rings (SSSR count). The minimum atomic E-state index is -0.881. The van der Waals surface area contributed by atoms with Crippen molar-refractivity contribution in [3.63, 3.8) is 0 Å². The molecule has 1 aliphatic carbocycles. The van der Waals surface area contributed by atoms with E-state index in [4.69, 9.17) is 9.84 Å². The number of benzene rings is 3. The first-order valence-corrected chi connectivity index (χ1v) is 13.1. The fraction of sp³-hybridized carbons (Fsp3) is 0.344. The molecule has 5 heteroatoms. The molecule has 0 saturated heterocycles. The van der Waals surface area contributed by atoms with Crippen molar-refractivity contribution < 1.29 is 24.9 Å². The molecule has 3 N–H and O–H groups in total. The third-order valence-corrected chi connectivity index (χ3v) is 7.39. The van der Waals surface area contributed by atoms with E-state index in [0.717, 1.165) is 16.7 Å². The van der Waals surface area contributed by atoms with Crippen molar-refractivity contribution >= 4 is 5.97 Å². The van der Waals surface area contributed by atoms with Gasteiger partial charge in [0.1, 0.15) is 5.60 Å². The quantitative estimate of drug-likeness (QED) is 0.172. The average molecular weight is 501 g/mol. The first-order valence-electron chi connectivity index (χ1n) is 13.1. The molecule has 0 bridgehead atoms. The van der Waals surface area contributed by atoms with Crippen molar-refractivity contribution in [2.45, 2.75) is 49.9 Å². The normalized spacial score (nSPS) is 21.9. The number of carbonyl (C=O) groups is 1. The van der Waals surface area contributed by atoms with Gasteiger partial charge in [-0.25, -0.2) is 0 Å². The van der Waals surface area contributed by atoms with E-state index in [1.54, 1.807) is 0 Å². The van der Waals surface area contributed by atoms with Gasteiger partial charge in [0.2, 0.25) is 0 Å². The van der Waals surface area contributed by atoms with Crippen LogP contribution in [0.15, 0.2) is 103 Å². The molecule has 194 valence electrons. The van der Waals surface area contributed by atoms with E-state index >= 15 is 0 Å². The van der Waals surface area contributed by atoms with Crippen molar-refractivity contribution in [2.75, 3.05) is 6.61 Å². The summed E-state index contributed by atoms with van der Waals surface area (Å²) in [6.07, 6.45) is 5.02. The van der Waals surface area contributed by atoms with Gasteiger partial charge in [-0.3, -0.25) is 4.79 Å². The van der Waals surface area contributed by atoms with E-state index < -0.39 is 23.8 Å². The largest absolute Gasteiger partial charge is 0.481 e. The minimum Gasteiger partial charge on any atom is -0.481 e. The van der Waals surface area contributed by atoms with Gasteiger partial charge in [-0.1, -0.05) is 103 Å². The lowest BCUT2D eigenvalue weighted by Gasteiger charge is -2.38. The number of allylic oxidation sites excluding steroid dienone is 2.